The van der Waals surface area contributed by atoms with Crippen molar-refractivity contribution >= 4 is 11.6 Å². The van der Waals surface area contributed by atoms with Crippen molar-refractivity contribution in [2.75, 3.05) is 11.1 Å². The number of nitrogens with one attached hydrogen (secondary N) is 1. The SMILES string of the molecule is CCc1c(N)ncnc1NC(C)c1ccc(C)cc1. The molecule has 0 bridgehead atoms. The number of benzene rings is 1. The first-order valence-corrected chi connectivity index (χ1v) is 6.54. The lowest BCUT2D eigenvalue weighted by molar-refractivity contribution is 0.863. The lowest BCUT2D eigenvalue weighted by Crippen LogP contribution is -2.11. The zero-order valence-electron chi connectivity index (χ0n) is 11.6. The van der Waals surface area contributed by atoms with Gasteiger partial charge in [0, 0.05) is 11.6 Å². The Balaban J connectivity index is 2.21. The fourth-order valence-corrected chi connectivity index (χ4v) is 2.04. The van der Waals surface area contributed by atoms with Crippen molar-refractivity contribution in [1.29, 1.82) is 0 Å². The van der Waals surface area contributed by atoms with Crippen molar-refractivity contribution in [2.45, 2.75) is 33.2 Å². The third-order valence-corrected chi connectivity index (χ3v) is 3.26. The summed E-state index contributed by atoms with van der Waals surface area (Å²) in [7, 11) is 0. The molecular formula is C15H20N4. The van der Waals surface area contributed by atoms with Gasteiger partial charge < -0.3 is 11.1 Å². The van der Waals surface area contributed by atoms with Crippen molar-refractivity contribution in [3.05, 3.63) is 47.3 Å². The molecule has 4 heteroatoms. The number of anilines is 2. The van der Waals surface area contributed by atoms with Gasteiger partial charge in [0.25, 0.3) is 0 Å². The Morgan fingerprint density at radius 3 is 2.53 bits per heavy atom. The molecule has 0 saturated carbocycles. The van der Waals surface area contributed by atoms with E-state index in [0.717, 1.165) is 17.8 Å². The predicted octanol–water partition coefficient (Wildman–Crippen LogP) is 3.10. The number of aryl methyl sites for hydroxylation is 1. The Labute approximate surface area is 114 Å². The van der Waals surface area contributed by atoms with E-state index in [4.69, 9.17) is 5.73 Å². The Morgan fingerprint density at radius 1 is 1.21 bits per heavy atom. The minimum atomic E-state index is 0.181. The molecule has 1 aromatic heterocycles. The second kappa shape index (κ2) is 5.69. The van der Waals surface area contributed by atoms with Crippen LogP contribution in [0.5, 0.6) is 0 Å². The van der Waals surface area contributed by atoms with Crippen molar-refractivity contribution < 1.29 is 0 Å². The molecule has 2 rings (SSSR count). The summed E-state index contributed by atoms with van der Waals surface area (Å²) in [5.74, 6) is 1.37. The van der Waals surface area contributed by atoms with Gasteiger partial charge in [-0.3, -0.25) is 0 Å². The van der Waals surface area contributed by atoms with Crippen LogP contribution in [0.15, 0.2) is 30.6 Å². The highest BCUT2D eigenvalue weighted by molar-refractivity contribution is 5.55. The second-order valence-corrected chi connectivity index (χ2v) is 4.72. The molecule has 0 amide bonds. The quantitative estimate of drug-likeness (QED) is 0.882. The average Bonchev–Trinajstić information content (AvgIpc) is 2.39. The molecule has 1 unspecified atom stereocenters. The molecule has 0 spiro atoms. The maximum atomic E-state index is 5.88. The molecule has 1 aromatic carbocycles. The van der Waals surface area contributed by atoms with Gasteiger partial charge >= 0.3 is 0 Å². The van der Waals surface area contributed by atoms with E-state index < -0.39 is 0 Å². The summed E-state index contributed by atoms with van der Waals surface area (Å²) in [6, 6.07) is 8.66. The maximum absolute atomic E-state index is 5.88. The molecular weight excluding hydrogens is 236 g/mol. The number of nitrogens with two attached hydrogens (primary N) is 1. The lowest BCUT2D eigenvalue weighted by Gasteiger charge is -2.17. The van der Waals surface area contributed by atoms with Crippen molar-refractivity contribution in [1.82, 2.24) is 9.97 Å². The van der Waals surface area contributed by atoms with Crippen molar-refractivity contribution in [2.24, 2.45) is 0 Å². The van der Waals surface area contributed by atoms with Gasteiger partial charge in [0.2, 0.25) is 0 Å². The number of hydrogen-bond acceptors (Lipinski definition) is 4. The van der Waals surface area contributed by atoms with Gasteiger partial charge in [0.05, 0.1) is 0 Å². The molecule has 0 aliphatic carbocycles. The molecule has 0 radical (unpaired) electrons. The number of hydrogen-bond donors (Lipinski definition) is 2. The number of rotatable bonds is 4. The summed E-state index contributed by atoms with van der Waals surface area (Å²) in [6.07, 6.45) is 2.31. The summed E-state index contributed by atoms with van der Waals surface area (Å²) in [5.41, 5.74) is 9.34. The highest BCUT2D eigenvalue weighted by atomic mass is 15.1. The fraction of sp³-hybridized carbons (Fsp3) is 0.333. The zero-order valence-corrected chi connectivity index (χ0v) is 11.6. The minimum absolute atomic E-state index is 0.181. The molecule has 3 N–H and O–H groups in total. The number of nitrogen functional groups attached to an aromatic ring is 1. The van der Waals surface area contributed by atoms with Crippen LogP contribution < -0.4 is 11.1 Å². The van der Waals surface area contributed by atoms with Crippen molar-refractivity contribution in [3.8, 4) is 0 Å². The van der Waals surface area contributed by atoms with Crippen LogP contribution in [0.1, 0.15) is 36.6 Å². The Kier molecular flexibility index (Phi) is 4.00. The molecule has 0 aliphatic rings. The third kappa shape index (κ3) is 3.02. The lowest BCUT2D eigenvalue weighted by atomic mass is 10.1. The summed E-state index contributed by atoms with van der Waals surface area (Å²) < 4.78 is 0. The van der Waals surface area contributed by atoms with Gasteiger partial charge in [0.1, 0.15) is 18.0 Å². The van der Waals surface area contributed by atoms with Crippen LogP contribution in [-0.4, -0.2) is 9.97 Å². The molecule has 0 saturated heterocycles. The van der Waals surface area contributed by atoms with Gasteiger partial charge in [0.15, 0.2) is 0 Å². The maximum Gasteiger partial charge on any atom is 0.135 e. The summed E-state index contributed by atoms with van der Waals surface area (Å²) >= 11 is 0. The molecule has 19 heavy (non-hydrogen) atoms. The van der Waals surface area contributed by atoms with Crippen LogP contribution in [-0.2, 0) is 6.42 Å². The van der Waals surface area contributed by atoms with Gasteiger partial charge in [-0.2, -0.15) is 0 Å². The van der Waals surface area contributed by atoms with E-state index >= 15 is 0 Å². The first-order valence-electron chi connectivity index (χ1n) is 6.54. The van der Waals surface area contributed by atoms with Crippen LogP contribution >= 0.6 is 0 Å². The Morgan fingerprint density at radius 2 is 1.89 bits per heavy atom. The highest BCUT2D eigenvalue weighted by Crippen LogP contribution is 2.23. The van der Waals surface area contributed by atoms with E-state index in [1.807, 2.05) is 0 Å². The Hall–Kier alpha value is -2.10. The molecule has 0 fully saturated rings. The molecule has 1 atom stereocenters. The van der Waals surface area contributed by atoms with Gasteiger partial charge in [-0.1, -0.05) is 36.8 Å². The van der Waals surface area contributed by atoms with Crippen LogP contribution in [0.25, 0.3) is 0 Å². The summed E-state index contributed by atoms with van der Waals surface area (Å²) in [5, 5.41) is 3.41. The van der Waals surface area contributed by atoms with Crippen molar-refractivity contribution in [3.63, 3.8) is 0 Å². The fourth-order valence-electron chi connectivity index (χ4n) is 2.04. The molecule has 100 valence electrons. The predicted molar refractivity (Wildman–Crippen MR) is 79.0 cm³/mol. The van der Waals surface area contributed by atoms with Crippen LogP contribution in [0.2, 0.25) is 0 Å². The first kappa shape index (κ1) is 13.3. The normalized spacial score (nSPS) is 12.2. The topological polar surface area (TPSA) is 63.8 Å². The Bertz CT molecular complexity index is 549. The van der Waals surface area contributed by atoms with Crippen LogP contribution in [0.4, 0.5) is 11.6 Å². The van der Waals surface area contributed by atoms with E-state index in [9.17, 15) is 0 Å². The third-order valence-electron chi connectivity index (χ3n) is 3.26. The molecule has 1 heterocycles. The second-order valence-electron chi connectivity index (χ2n) is 4.72. The standard InChI is InChI=1S/C15H20N4/c1-4-13-14(16)17-9-18-15(13)19-11(3)12-7-5-10(2)6-8-12/h5-9,11H,4H2,1-3H3,(H3,16,17,18,19). The van der Waals surface area contributed by atoms with Crippen LogP contribution in [0, 0.1) is 6.92 Å². The first-order chi connectivity index (χ1) is 9.11. The van der Waals surface area contributed by atoms with E-state index in [0.29, 0.717) is 5.82 Å². The van der Waals surface area contributed by atoms with Gasteiger partial charge in [-0.25, -0.2) is 9.97 Å². The van der Waals surface area contributed by atoms with E-state index in [2.05, 4.69) is 60.3 Å². The summed E-state index contributed by atoms with van der Waals surface area (Å²) in [6.45, 7) is 6.25. The minimum Gasteiger partial charge on any atom is -0.383 e. The van der Waals surface area contributed by atoms with Crippen LogP contribution in [0.3, 0.4) is 0 Å². The monoisotopic (exact) mass is 256 g/mol. The number of nitrogens with zero attached hydrogens (tertiary/aromatic N) is 2. The summed E-state index contributed by atoms with van der Waals surface area (Å²) in [4.78, 5) is 8.32. The molecule has 4 nitrogen and oxygen atoms in total. The molecule has 2 aromatic rings. The highest BCUT2D eigenvalue weighted by Gasteiger charge is 2.11. The van der Waals surface area contributed by atoms with Gasteiger partial charge in [-0.05, 0) is 25.8 Å². The zero-order chi connectivity index (χ0) is 13.8. The van der Waals surface area contributed by atoms with E-state index in [1.54, 1.807) is 0 Å². The largest absolute Gasteiger partial charge is 0.383 e. The van der Waals surface area contributed by atoms with E-state index in [1.165, 1.54) is 17.5 Å². The average molecular weight is 256 g/mol. The smallest absolute Gasteiger partial charge is 0.135 e. The van der Waals surface area contributed by atoms with E-state index in [-0.39, 0.29) is 6.04 Å². The number of aromatic nitrogens is 2. The molecule has 0 aliphatic heterocycles. The van der Waals surface area contributed by atoms with Gasteiger partial charge in [-0.15, -0.1) is 0 Å².